The fraction of sp³-hybridized carbons (Fsp3) is 0.333. The van der Waals surface area contributed by atoms with Gasteiger partial charge in [-0.05, 0) is 13.0 Å². The molecule has 0 atom stereocenters. The minimum absolute atomic E-state index is 0.172. The number of piperazine rings is 1. The molecule has 1 aromatic carbocycles. The van der Waals surface area contributed by atoms with Crippen LogP contribution in [-0.2, 0) is 0 Å². The van der Waals surface area contributed by atoms with Crippen LogP contribution in [0, 0.1) is 6.92 Å². The van der Waals surface area contributed by atoms with Crippen LogP contribution in [0.3, 0.4) is 0 Å². The van der Waals surface area contributed by atoms with Crippen LogP contribution in [0.1, 0.15) is 16.1 Å². The quantitative estimate of drug-likeness (QED) is 0.872. The molecule has 3 rings (SSSR count). The number of fused-ring (bicyclic) bond motifs is 1. The molecule has 1 aromatic heterocycles. The molecule has 0 unspecified atom stereocenters. The summed E-state index contributed by atoms with van der Waals surface area (Å²) in [6, 6.07) is 7.53. The average Bonchev–Trinajstić information content (AvgIpc) is 2.84. The van der Waals surface area contributed by atoms with E-state index in [0.717, 1.165) is 10.9 Å². The fourth-order valence-corrected chi connectivity index (χ4v) is 2.62. The van der Waals surface area contributed by atoms with Crippen molar-refractivity contribution in [2.24, 2.45) is 0 Å². The number of hydrogen-bond acceptors (Lipinski definition) is 3. The Kier molecular flexibility index (Phi) is 3.29. The molecule has 0 bridgehead atoms. The third-order valence-electron chi connectivity index (χ3n) is 3.88. The van der Waals surface area contributed by atoms with E-state index in [1.807, 2.05) is 31.2 Å². The molecule has 21 heavy (non-hydrogen) atoms. The molecule has 1 aliphatic heterocycles. The summed E-state index contributed by atoms with van der Waals surface area (Å²) in [5.74, 6) is 0.175. The van der Waals surface area contributed by atoms with Gasteiger partial charge >= 0.3 is 6.09 Å². The van der Waals surface area contributed by atoms with E-state index in [-0.39, 0.29) is 5.91 Å². The number of aryl methyl sites for hydroxylation is 1. The van der Waals surface area contributed by atoms with E-state index in [0.29, 0.717) is 37.5 Å². The number of carboxylic acid groups (broad SMARTS) is 1. The maximum absolute atomic E-state index is 12.5. The van der Waals surface area contributed by atoms with Gasteiger partial charge in [0.05, 0.1) is 0 Å². The monoisotopic (exact) mass is 288 g/mol. The highest BCUT2D eigenvalue weighted by Gasteiger charge is 2.27. The topological polar surface area (TPSA) is 74.0 Å². The van der Waals surface area contributed by atoms with Crippen molar-refractivity contribution in [3.8, 4) is 0 Å². The Morgan fingerprint density at radius 3 is 2.33 bits per heavy atom. The molecule has 1 fully saturated rings. The van der Waals surface area contributed by atoms with Crippen molar-refractivity contribution in [1.82, 2.24) is 9.80 Å². The zero-order chi connectivity index (χ0) is 15.0. The van der Waals surface area contributed by atoms with Crippen molar-refractivity contribution >= 4 is 23.0 Å². The van der Waals surface area contributed by atoms with Gasteiger partial charge < -0.3 is 19.3 Å². The Bertz CT molecular complexity index is 699. The largest absolute Gasteiger partial charge is 0.465 e. The first-order chi connectivity index (χ1) is 10.1. The summed E-state index contributed by atoms with van der Waals surface area (Å²) >= 11 is 0. The van der Waals surface area contributed by atoms with Crippen molar-refractivity contribution < 1.29 is 19.1 Å². The van der Waals surface area contributed by atoms with Crippen LogP contribution in [0.2, 0.25) is 0 Å². The van der Waals surface area contributed by atoms with Crippen molar-refractivity contribution in [3.05, 3.63) is 35.6 Å². The number of nitrogens with zero attached hydrogens (tertiary/aromatic N) is 2. The number of rotatable bonds is 1. The average molecular weight is 288 g/mol. The lowest BCUT2D eigenvalue weighted by atomic mass is 10.1. The lowest BCUT2D eigenvalue weighted by Crippen LogP contribution is -2.50. The maximum Gasteiger partial charge on any atom is 0.407 e. The first-order valence-corrected chi connectivity index (χ1v) is 6.83. The fourth-order valence-electron chi connectivity index (χ4n) is 2.62. The van der Waals surface area contributed by atoms with E-state index >= 15 is 0 Å². The number of carbonyl (C=O) groups is 2. The van der Waals surface area contributed by atoms with E-state index in [1.54, 1.807) is 4.90 Å². The molecule has 0 radical (unpaired) electrons. The number of hydrogen-bond donors (Lipinski definition) is 1. The predicted octanol–water partition coefficient (Wildman–Crippen LogP) is 2.18. The van der Waals surface area contributed by atoms with Crippen LogP contribution in [-0.4, -0.2) is 53.1 Å². The Labute approximate surface area is 121 Å². The van der Waals surface area contributed by atoms with Crippen LogP contribution in [0.4, 0.5) is 4.79 Å². The van der Waals surface area contributed by atoms with Gasteiger partial charge in [-0.3, -0.25) is 4.79 Å². The molecule has 110 valence electrons. The Morgan fingerprint density at radius 2 is 1.71 bits per heavy atom. The third-order valence-corrected chi connectivity index (χ3v) is 3.88. The molecule has 6 heteroatoms. The number of benzene rings is 1. The van der Waals surface area contributed by atoms with E-state index in [1.165, 1.54) is 4.90 Å². The molecule has 2 heterocycles. The Balaban J connectivity index is 1.82. The van der Waals surface area contributed by atoms with Gasteiger partial charge in [-0.15, -0.1) is 0 Å². The van der Waals surface area contributed by atoms with Gasteiger partial charge in [0.1, 0.15) is 5.58 Å². The van der Waals surface area contributed by atoms with Crippen molar-refractivity contribution in [3.63, 3.8) is 0 Å². The highest BCUT2D eigenvalue weighted by atomic mass is 16.4. The third kappa shape index (κ3) is 2.33. The van der Waals surface area contributed by atoms with Gasteiger partial charge in [0.2, 0.25) is 0 Å². The Hall–Kier alpha value is -2.50. The van der Waals surface area contributed by atoms with Crippen LogP contribution in [0.5, 0.6) is 0 Å². The van der Waals surface area contributed by atoms with E-state index in [4.69, 9.17) is 9.52 Å². The van der Waals surface area contributed by atoms with Crippen molar-refractivity contribution in [1.29, 1.82) is 0 Å². The van der Waals surface area contributed by atoms with Crippen LogP contribution < -0.4 is 0 Å². The second kappa shape index (κ2) is 5.12. The molecule has 0 spiro atoms. The molecule has 2 amide bonds. The van der Waals surface area contributed by atoms with Crippen molar-refractivity contribution in [2.45, 2.75) is 6.92 Å². The highest BCUT2D eigenvalue weighted by Crippen LogP contribution is 2.26. The normalized spacial score (nSPS) is 15.5. The molecule has 1 saturated heterocycles. The molecule has 0 aliphatic carbocycles. The summed E-state index contributed by atoms with van der Waals surface area (Å²) in [4.78, 5) is 26.4. The van der Waals surface area contributed by atoms with Gasteiger partial charge in [0.15, 0.2) is 5.76 Å². The van der Waals surface area contributed by atoms with Crippen LogP contribution in [0.25, 0.3) is 11.0 Å². The van der Waals surface area contributed by atoms with Gasteiger partial charge in [-0.2, -0.15) is 0 Å². The highest BCUT2D eigenvalue weighted by molar-refractivity contribution is 5.99. The summed E-state index contributed by atoms with van der Waals surface area (Å²) in [6.07, 6.45) is -0.943. The zero-order valence-electron chi connectivity index (χ0n) is 11.7. The van der Waals surface area contributed by atoms with E-state index in [9.17, 15) is 9.59 Å². The summed E-state index contributed by atoms with van der Waals surface area (Å²) < 4.78 is 5.67. The van der Waals surface area contributed by atoms with Gasteiger partial charge in [-0.1, -0.05) is 18.2 Å². The minimum Gasteiger partial charge on any atom is -0.465 e. The van der Waals surface area contributed by atoms with Crippen molar-refractivity contribution in [2.75, 3.05) is 26.2 Å². The van der Waals surface area contributed by atoms with Gasteiger partial charge in [0, 0.05) is 37.1 Å². The van der Waals surface area contributed by atoms with E-state index < -0.39 is 6.09 Å². The minimum atomic E-state index is -0.943. The molecular formula is C15H16N2O4. The lowest BCUT2D eigenvalue weighted by Gasteiger charge is -2.32. The number of amides is 2. The van der Waals surface area contributed by atoms with E-state index in [2.05, 4.69) is 0 Å². The number of para-hydroxylation sites is 1. The second-order valence-electron chi connectivity index (χ2n) is 5.11. The molecule has 1 aliphatic rings. The lowest BCUT2D eigenvalue weighted by molar-refractivity contribution is 0.0597. The molecular weight excluding hydrogens is 272 g/mol. The standard InChI is InChI=1S/C15H16N2O4/c1-10-11-4-2-3-5-12(11)21-13(10)14(18)16-6-8-17(9-7-16)15(19)20/h2-5H,6-9H2,1H3,(H,19,20). The zero-order valence-corrected chi connectivity index (χ0v) is 11.7. The molecule has 2 aromatic rings. The number of carbonyl (C=O) groups excluding carboxylic acids is 1. The SMILES string of the molecule is Cc1c(C(=O)N2CCN(C(=O)O)CC2)oc2ccccc12. The Morgan fingerprint density at radius 1 is 1.10 bits per heavy atom. The van der Waals surface area contributed by atoms with Crippen LogP contribution >= 0.6 is 0 Å². The van der Waals surface area contributed by atoms with Crippen LogP contribution in [0.15, 0.2) is 28.7 Å². The van der Waals surface area contributed by atoms with Gasteiger partial charge in [0.25, 0.3) is 5.91 Å². The molecule has 1 N–H and O–H groups in total. The maximum atomic E-state index is 12.5. The summed E-state index contributed by atoms with van der Waals surface area (Å²) in [6.45, 7) is 3.32. The summed E-state index contributed by atoms with van der Waals surface area (Å²) in [5.41, 5.74) is 1.53. The van der Waals surface area contributed by atoms with Gasteiger partial charge in [-0.25, -0.2) is 4.79 Å². The predicted molar refractivity (Wildman–Crippen MR) is 76.5 cm³/mol. The smallest absolute Gasteiger partial charge is 0.407 e. The molecule has 6 nitrogen and oxygen atoms in total. The summed E-state index contributed by atoms with van der Waals surface area (Å²) in [7, 11) is 0. The molecule has 0 saturated carbocycles. The summed E-state index contributed by atoms with van der Waals surface area (Å²) in [5, 5.41) is 9.86. The first kappa shape index (κ1) is 13.5. The second-order valence-corrected chi connectivity index (χ2v) is 5.11. The number of furan rings is 1. The first-order valence-electron chi connectivity index (χ1n) is 6.83.